The number of nitrogens with one attached hydrogen (secondary N) is 1. The predicted octanol–water partition coefficient (Wildman–Crippen LogP) is 3.51. The molecule has 1 N–H and O–H groups in total. The zero-order valence-corrected chi connectivity index (χ0v) is 11.8. The highest BCUT2D eigenvalue weighted by atomic mass is 16.1. The molecule has 0 aliphatic heterocycles. The average Bonchev–Trinajstić information content (AvgIpc) is 2.59. The molecule has 17 heavy (non-hydrogen) atoms. The first kappa shape index (κ1) is 12.9. The molecular formula is C15H27NO. The van der Waals surface area contributed by atoms with E-state index >= 15 is 0 Å². The molecule has 0 saturated heterocycles. The smallest absolute Gasteiger partial charge is 0.220 e. The van der Waals surface area contributed by atoms with Gasteiger partial charge in [-0.25, -0.2) is 0 Å². The van der Waals surface area contributed by atoms with Gasteiger partial charge >= 0.3 is 0 Å². The van der Waals surface area contributed by atoms with E-state index in [1.54, 1.807) is 0 Å². The van der Waals surface area contributed by atoms with Crippen LogP contribution in [0.25, 0.3) is 0 Å². The van der Waals surface area contributed by atoms with Crippen molar-refractivity contribution < 1.29 is 4.79 Å². The fraction of sp³-hybridized carbons (Fsp3) is 0.933. The lowest BCUT2D eigenvalue weighted by Crippen LogP contribution is -2.46. The van der Waals surface area contributed by atoms with E-state index in [-0.39, 0.29) is 5.91 Å². The molecule has 2 saturated carbocycles. The second kappa shape index (κ2) is 4.29. The first-order chi connectivity index (χ1) is 7.91. The monoisotopic (exact) mass is 237 g/mol. The number of rotatable bonds is 4. The van der Waals surface area contributed by atoms with Crippen molar-refractivity contribution in [2.24, 2.45) is 16.7 Å². The molecule has 2 bridgehead atoms. The summed E-state index contributed by atoms with van der Waals surface area (Å²) in [6.07, 6.45) is 6.65. The molecule has 0 aromatic heterocycles. The van der Waals surface area contributed by atoms with Crippen LogP contribution in [-0.2, 0) is 4.79 Å². The maximum absolute atomic E-state index is 11.9. The van der Waals surface area contributed by atoms with E-state index in [9.17, 15) is 4.79 Å². The van der Waals surface area contributed by atoms with Gasteiger partial charge in [-0.15, -0.1) is 0 Å². The highest BCUT2D eigenvalue weighted by Gasteiger charge is 2.61. The van der Waals surface area contributed by atoms with Gasteiger partial charge < -0.3 is 5.32 Å². The number of fused-ring (bicyclic) bond motifs is 2. The lowest BCUT2D eigenvalue weighted by Gasteiger charge is -2.39. The number of carbonyl (C=O) groups excluding carboxylic acids is 1. The SMILES string of the molecule is CCCCC(=O)N[C@H]1C[C@@H]2CC[C@]1(C)C2(C)C. The standard InChI is InChI=1S/C15H27NO/c1-5-6-7-13(17)16-12-10-11-8-9-15(12,4)14(11,2)3/h11-12H,5-10H2,1-4H3,(H,16,17)/t11-,12-,15-/m0/s1. The van der Waals surface area contributed by atoms with Crippen molar-refractivity contribution >= 4 is 5.91 Å². The van der Waals surface area contributed by atoms with Crippen molar-refractivity contribution in [2.45, 2.75) is 72.3 Å². The van der Waals surface area contributed by atoms with Gasteiger partial charge in [0.25, 0.3) is 0 Å². The van der Waals surface area contributed by atoms with Crippen molar-refractivity contribution in [3.63, 3.8) is 0 Å². The minimum atomic E-state index is 0.265. The normalized spacial score (nSPS) is 38.4. The Bertz CT molecular complexity index is 310. The fourth-order valence-electron chi connectivity index (χ4n) is 4.03. The van der Waals surface area contributed by atoms with E-state index < -0.39 is 0 Å². The highest BCUT2D eigenvalue weighted by Crippen LogP contribution is 2.65. The van der Waals surface area contributed by atoms with Crippen LogP contribution in [0.4, 0.5) is 0 Å². The summed E-state index contributed by atoms with van der Waals surface area (Å²) in [6.45, 7) is 9.30. The summed E-state index contributed by atoms with van der Waals surface area (Å²) in [7, 11) is 0. The molecule has 98 valence electrons. The molecule has 2 aliphatic carbocycles. The van der Waals surface area contributed by atoms with Gasteiger partial charge in [-0.3, -0.25) is 4.79 Å². The summed E-state index contributed by atoms with van der Waals surface area (Å²) in [6, 6.07) is 0.417. The maximum Gasteiger partial charge on any atom is 0.220 e. The molecule has 2 aliphatic rings. The minimum Gasteiger partial charge on any atom is -0.353 e. The van der Waals surface area contributed by atoms with E-state index in [2.05, 4.69) is 33.0 Å². The minimum absolute atomic E-state index is 0.265. The summed E-state index contributed by atoms with van der Waals surface area (Å²) in [4.78, 5) is 11.9. The Labute approximate surface area is 106 Å². The number of amides is 1. The van der Waals surface area contributed by atoms with E-state index in [0.717, 1.165) is 18.8 Å². The van der Waals surface area contributed by atoms with Crippen LogP contribution < -0.4 is 5.32 Å². The summed E-state index contributed by atoms with van der Waals surface area (Å²) in [5.74, 6) is 1.07. The highest BCUT2D eigenvalue weighted by molar-refractivity contribution is 5.76. The summed E-state index contributed by atoms with van der Waals surface area (Å²) in [5, 5.41) is 3.30. The molecule has 1 amide bonds. The van der Waals surface area contributed by atoms with Crippen molar-refractivity contribution in [1.82, 2.24) is 5.32 Å². The molecule has 0 heterocycles. The van der Waals surface area contributed by atoms with E-state index in [0.29, 0.717) is 23.3 Å². The molecule has 0 radical (unpaired) electrons. The van der Waals surface area contributed by atoms with Crippen LogP contribution in [-0.4, -0.2) is 11.9 Å². The molecule has 0 unspecified atom stereocenters. The number of hydrogen-bond donors (Lipinski definition) is 1. The summed E-state index contributed by atoms with van der Waals surface area (Å²) < 4.78 is 0. The molecule has 2 fully saturated rings. The van der Waals surface area contributed by atoms with Crippen LogP contribution in [0.1, 0.15) is 66.2 Å². The molecule has 0 aromatic rings. The zero-order valence-electron chi connectivity index (χ0n) is 11.8. The molecule has 3 atom stereocenters. The fourth-order valence-corrected chi connectivity index (χ4v) is 4.03. The third-order valence-corrected chi connectivity index (χ3v) is 5.89. The zero-order chi connectivity index (χ0) is 12.7. The largest absolute Gasteiger partial charge is 0.353 e. The number of unbranched alkanes of at least 4 members (excludes halogenated alkanes) is 1. The Morgan fingerprint density at radius 1 is 1.35 bits per heavy atom. The van der Waals surface area contributed by atoms with Crippen molar-refractivity contribution in [3.8, 4) is 0 Å². The average molecular weight is 237 g/mol. The lowest BCUT2D eigenvalue weighted by molar-refractivity contribution is -0.123. The molecule has 0 spiro atoms. The first-order valence-corrected chi connectivity index (χ1v) is 7.21. The second-order valence-electron chi connectivity index (χ2n) is 6.83. The van der Waals surface area contributed by atoms with E-state index in [4.69, 9.17) is 0 Å². The molecule has 2 rings (SSSR count). The molecule has 0 aromatic carbocycles. The van der Waals surface area contributed by atoms with Crippen molar-refractivity contribution in [1.29, 1.82) is 0 Å². The Morgan fingerprint density at radius 2 is 2.06 bits per heavy atom. The van der Waals surface area contributed by atoms with Crippen LogP contribution in [0.15, 0.2) is 0 Å². The van der Waals surface area contributed by atoms with Crippen molar-refractivity contribution in [2.75, 3.05) is 0 Å². The topological polar surface area (TPSA) is 29.1 Å². The van der Waals surface area contributed by atoms with E-state index in [1.807, 2.05) is 0 Å². The third-order valence-electron chi connectivity index (χ3n) is 5.89. The molecular weight excluding hydrogens is 210 g/mol. The summed E-state index contributed by atoms with van der Waals surface area (Å²) in [5.41, 5.74) is 0.718. The number of hydrogen-bond acceptors (Lipinski definition) is 1. The lowest BCUT2D eigenvalue weighted by atomic mass is 9.69. The van der Waals surface area contributed by atoms with Crippen LogP contribution in [0.2, 0.25) is 0 Å². The van der Waals surface area contributed by atoms with Gasteiger partial charge in [0.1, 0.15) is 0 Å². The quantitative estimate of drug-likeness (QED) is 0.796. The van der Waals surface area contributed by atoms with Gasteiger partial charge in [0.15, 0.2) is 0 Å². The Kier molecular flexibility index (Phi) is 3.26. The molecule has 2 nitrogen and oxygen atoms in total. The number of carbonyl (C=O) groups is 1. The van der Waals surface area contributed by atoms with Crippen LogP contribution in [0.5, 0.6) is 0 Å². The first-order valence-electron chi connectivity index (χ1n) is 7.21. The van der Waals surface area contributed by atoms with Gasteiger partial charge in [0.2, 0.25) is 5.91 Å². The van der Waals surface area contributed by atoms with Gasteiger partial charge in [-0.2, -0.15) is 0 Å². The Balaban J connectivity index is 1.98. The predicted molar refractivity (Wildman–Crippen MR) is 70.7 cm³/mol. The Hall–Kier alpha value is -0.530. The van der Waals surface area contributed by atoms with Crippen molar-refractivity contribution in [3.05, 3.63) is 0 Å². The van der Waals surface area contributed by atoms with E-state index in [1.165, 1.54) is 19.3 Å². The third kappa shape index (κ3) is 1.90. The second-order valence-corrected chi connectivity index (χ2v) is 6.83. The molecule has 2 heteroatoms. The Morgan fingerprint density at radius 3 is 2.53 bits per heavy atom. The van der Waals surface area contributed by atoms with Gasteiger partial charge in [-0.05, 0) is 42.4 Å². The summed E-state index contributed by atoms with van der Waals surface area (Å²) >= 11 is 0. The van der Waals surface area contributed by atoms with Crippen LogP contribution >= 0.6 is 0 Å². The van der Waals surface area contributed by atoms with Gasteiger partial charge in [-0.1, -0.05) is 34.1 Å². The maximum atomic E-state index is 11.9. The van der Waals surface area contributed by atoms with Crippen LogP contribution in [0.3, 0.4) is 0 Å². The van der Waals surface area contributed by atoms with Gasteiger partial charge in [0, 0.05) is 12.5 Å². The van der Waals surface area contributed by atoms with Gasteiger partial charge in [0.05, 0.1) is 0 Å². The van der Waals surface area contributed by atoms with Crippen LogP contribution in [0, 0.1) is 16.7 Å².